The lowest BCUT2D eigenvalue weighted by atomic mass is 9.49. The van der Waals surface area contributed by atoms with Crippen molar-refractivity contribution in [3.05, 3.63) is 41.5 Å². The second kappa shape index (κ2) is 6.19. The fourth-order valence-electron chi connectivity index (χ4n) is 3.61. The molecule has 0 saturated heterocycles. The van der Waals surface area contributed by atoms with Gasteiger partial charge >= 0.3 is 0 Å². The van der Waals surface area contributed by atoms with Crippen molar-refractivity contribution in [3.63, 3.8) is 0 Å². The SMILES string of the molecule is Cc1cccc(OCC(=O)N/N=C\C2=CC[C@@H]3C[C@@H]2C3(C)C)c1. The van der Waals surface area contributed by atoms with E-state index in [-0.39, 0.29) is 12.5 Å². The molecule has 1 N–H and O–H groups in total. The van der Waals surface area contributed by atoms with E-state index in [1.54, 1.807) is 6.21 Å². The average Bonchev–Trinajstić information content (AvgIpc) is 2.53. The molecule has 3 aliphatic rings. The molecule has 0 aliphatic heterocycles. The van der Waals surface area contributed by atoms with Crippen molar-refractivity contribution in [2.75, 3.05) is 6.61 Å². The molecule has 0 aromatic heterocycles. The number of hydrogen-bond acceptors (Lipinski definition) is 3. The van der Waals surface area contributed by atoms with Crippen LogP contribution in [0.4, 0.5) is 0 Å². The smallest absolute Gasteiger partial charge is 0.277 e. The van der Waals surface area contributed by atoms with Crippen LogP contribution in [0.15, 0.2) is 41.0 Å². The minimum atomic E-state index is -0.245. The summed E-state index contributed by atoms with van der Waals surface area (Å²) in [4.78, 5) is 11.8. The summed E-state index contributed by atoms with van der Waals surface area (Å²) >= 11 is 0. The third-order valence-corrected chi connectivity index (χ3v) is 5.27. The minimum absolute atomic E-state index is 0.0309. The van der Waals surface area contributed by atoms with Gasteiger partial charge in [0.25, 0.3) is 5.91 Å². The lowest BCUT2D eigenvalue weighted by Gasteiger charge is -2.55. The van der Waals surface area contributed by atoms with E-state index in [0.717, 1.165) is 17.9 Å². The summed E-state index contributed by atoms with van der Waals surface area (Å²) in [6.45, 7) is 6.60. The lowest BCUT2D eigenvalue weighted by molar-refractivity contribution is -0.123. The zero-order chi connectivity index (χ0) is 16.4. The first kappa shape index (κ1) is 15.8. The van der Waals surface area contributed by atoms with E-state index in [9.17, 15) is 4.79 Å². The fraction of sp³-hybridized carbons (Fsp3) is 0.474. The zero-order valence-corrected chi connectivity index (χ0v) is 14.0. The molecular formula is C19H24N2O2. The highest BCUT2D eigenvalue weighted by Gasteiger charge is 2.50. The van der Waals surface area contributed by atoms with E-state index in [1.165, 1.54) is 12.0 Å². The molecule has 0 spiro atoms. The zero-order valence-electron chi connectivity index (χ0n) is 14.0. The quantitative estimate of drug-likeness (QED) is 0.668. The van der Waals surface area contributed by atoms with Crippen LogP contribution in [0.5, 0.6) is 5.75 Å². The number of fused-ring (bicyclic) bond motifs is 1. The predicted octanol–water partition coefficient (Wildman–Crippen LogP) is 3.47. The van der Waals surface area contributed by atoms with Gasteiger partial charge in [-0.15, -0.1) is 0 Å². The molecule has 4 nitrogen and oxygen atoms in total. The fourth-order valence-corrected chi connectivity index (χ4v) is 3.61. The van der Waals surface area contributed by atoms with Crippen LogP contribution in [-0.2, 0) is 4.79 Å². The molecule has 2 bridgehead atoms. The highest BCUT2D eigenvalue weighted by Crippen LogP contribution is 2.58. The van der Waals surface area contributed by atoms with Crippen LogP contribution in [0.25, 0.3) is 0 Å². The summed E-state index contributed by atoms with van der Waals surface area (Å²) in [6.07, 6.45) is 6.42. The topological polar surface area (TPSA) is 50.7 Å². The molecule has 0 radical (unpaired) electrons. The Morgan fingerprint density at radius 3 is 3.00 bits per heavy atom. The van der Waals surface area contributed by atoms with Crippen LogP contribution < -0.4 is 10.2 Å². The van der Waals surface area contributed by atoms with Gasteiger partial charge in [0.05, 0.1) is 6.21 Å². The van der Waals surface area contributed by atoms with Crippen LogP contribution in [0.3, 0.4) is 0 Å². The van der Waals surface area contributed by atoms with Gasteiger partial charge in [-0.3, -0.25) is 4.79 Å². The van der Waals surface area contributed by atoms with Crippen molar-refractivity contribution in [2.45, 2.75) is 33.6 Å². The van der Waals surface area contributed by atoms with Gasteiger partial charge in [-0.05, 0) is 60.3 Å². The van der Waals surface area contributed by atoms with Gasteiger partial charge < -0.3 is 4.74 Å². The average molecular weight is 312 g/mol. The molecule has 4 heteroatoms. The first-order chi connectivity index (χ1) is 11.0. The Labute approximate surface area is 137 Å². The lowest BCUT2D eigenvalue weighted by Crippen LogP contribution is -2.48. The number of amides is 1. The van der Waals surface area contributed by atoms with Crippen LogP contribution in [-0.4, -0.2) is 18.7 Å². The number of carbonyl (C=O) groups is 1. The molecule has 1 amide bonds. The summed E-state index contributed by atoms with van der Waals surface area (Å²) in [5, 5.41) is 4.09. The Hall–Kier alpha value is -2.10. The number of nitrogens with one attached hydrogen (secondary N) is 1. The number of ether oxygens (including phenoxy) is 1. The summed E-state index contributed by atoms with van der Waals surface area (Å²) < 4.78 is 5.45. The molecule has 1 fully saturated rings. The maximum absolute atomic E-state index is 11.8. The third kappa shape index (κ3) is 3.31. The second-order valence-electron chi connectivity index (χ2n) is 7.14. The van der Waals surface area contributed by atoms with Gasteiger partial charge in [0, 0.05) is 0 Å². The largest absolute Gasteiger partial charge is 0.484 e. The summed E-state index contributed by atoms with van der Waals surface area (Å²) in [5.41, 5.74) is 5.27. The standard InChI is InChI=1S/C19H24N2O2/c1-13-5-4-6-16(9-13)23-12-18(22)21-20-11-14-7-8-15-10-17(14)19(15,2)3/h4-7,9,11,15,17H,8,10,12H2,1-3H3,(H,21,22)/b20-11-/t15-,17+/m1/s1. The van der Waals surface area contributed by atoms with Crippen LogP contribution >= 0.6 is 0 Å². The van der Waals surface area contributed by atoms with E-state index < -0.39 is 0 Å². The van der Waals surface area contributed by atoms with Gasteiger partial charge in [-0.25, -0.2) is 5.43 Å². The van der Waals surface area contributed by atoms with Crippen LogP contribution in [0, 0.1) is 24.2 Å². The number of benzene rings is 1. The molecule has 2 atom stereocenters. The molecule has 3 aliphatic carbocycles. The molecule has 122 valence electrons. The number of hydrogen-bond donors (Lipinski definition) is 1. The third-order valence-electron chi connectivity index (χ3n) is 5.27. The van der Waals surface area contributed by atoms with Crippen molar-refractivity contribution in [1.29, 1.82) is 0 Å². The highest BCUT2D eigenvalue weighted by atomic mass is 16.5. The minimum Gasteiger partial charge on any atom is -0.484 e. The molecule has 1 aromatic carbocycles. The number of aryl methyl sites for hydroxylation is 1. The molecular weight excluding hydrogens is 288 g/mol. The summed E-state index contributed by atoms with van der Waals surface area (Å²) in [7, 11) is 0. The molecule has 1 saturated carbocycles. The first-order valence-electron chi connectivity index (χ1n) is 8.18. The van der Waals surface area contributed by atoms with Crippen molar-refractivity contribution in [3.8, 4) is 5.75 Å². The van der Waals surface area contributed by atoms with E-state index in [4.69, 9.17) is 4.74 Å². The molecule has 4 rings (SSSR count). The van der Waals surface area contributed by atoms with Crippen LogP contribution in [0.1, 0.15) is 32.3 Å². The highest BCUT2D eigenvalue weighted by molar-refractivity contribution is 5.83. The molecule has 1 aromatic rings. The van der Waals surface area contributed by atoms with E-state index in [0.29, 0.717) is 17.1 Å². The number of carbonyl (C=O) groups excluding carboxylic acids is 1. The predicted molar refractivity (Wildman–Crippen MR) is 91.4 cm³/mol. The van der Waals surface area contributed by atoms with Crippen molar-refractivity contribution < 1.29 is 9.53 Å². The van der Waals surface area contributed by atoms with Crippen molar-refractivity contribution >= 4 is 12.1 Å². The van der Waals surface area contributed by atoms with Gasteiger partial charge in [0.1, 0.15) is 5.75 Å². The number of rotatable bonds is 5. The molecule has 0 unspecified atom stereocenters. The maximum Gasteiger partial charge on any atom is 0.277 e. The normalized spacial score (nSPS) is 24.7. The van der Waals surface area contributed by atoms with Crippen molar-refractivity contribution in [1.82, 2.24) is 5.43 Å². The maximum atomic E-state index is 11.8. The second-order valence-corrected chi connectivity index (χ2v) is 7.14. The summed E-state index contributed by atoms with van der Waals surface area (Å²) in [6, 6.07) is 7.63. The van der Waals surface area contributed by atoms with E-state index in [1.807, 2.05) is 31.2 Å². The Balaban J connectivity index is 1.47. The summed E-state index contributed by atoms with van der Waals surface area (Å²) in [5.74, 6) is 1.83. The van der Waals surface area contributed by atoms with Gasteiger partial charge in [0.15, 0.2) is 6.61 Å². The first-order valence-corrected chi connectivity index (χ1v) is 8.18. The van der Waals surface area contributed by atoms with E-state index in [2.05, 4.69) is 30.5 Å². The molecule has 0 heterocycles. The Bertz CT molecular complexity index is 661. The monoisotopic (exact) mass is 312 g/mol. The Morgan fingerprint density at radius 2 is 2.30 bits per heavy atom. The van der Waals surface area contributed by atoms with Crippen molar-refractivity contribution in [2.24, 2.45) is 22.4 Å². The Kier molecular flexibility index (Phi) is 4.24. The van der Waals surface area contributed by atoms with E-state index >= 15 is 0 Å². The van der Waals surface area contributed by atoms with Gasteiger partial charge in [-0.1, -0.05) is 32.1 Å². The molecule has 23 heavy (non-hydrogen) atoms. The number of allylic oxidation sites excluding steroid dienone is 2. The Morgan fingerprint density at radius 1 is 1.48 bits per heavy atom. The number of hydrazone groups is 1. The number of nitrogens with zero attached hydrogens (tertiary/aromatic N) is 1. The van der Waals surface area contributed by atoms with Gasteiger partial charge in [0.2, 0.25) is 0 Å². The van der Waals surface area contributed by atoms with Crippen LogP contribution in [0.2, 0.25) is 0 Å². The van der Waals surface area contributed by atoms with Gasteiger partial charge in [-0.2, -0.15) is 5.10 Å².